The number of anilines is 1. The van der Waals surface area contributed by atoms with Crippen molar-refractivity contribution in [2.24, 2.45) is 0 Å². The van der Waals surface area contributed by atoms with Gasteiger partial charge in [0, 0.05) is 13.1 Å². The van der Waals surface area contributed by atoms with Crippen LogP contribution in [0.3, 0.4) is 0 Å². The molecule has 0 unspecified atom stereocenters. The van der Waals surface area contributed by atoms with E-state index in [9.17, 15) is 0 Å². The van der Waals surface area contributed by atoms with Gasteiger partial charge in [-0.2, -0.15) is 0 Å². The summed E-state index contributed by atoms with van der Waals surface area (Å²) in [6, 6.07) is 2.09. The highest BCUT2D eigenvalue weighted by Crippen LogP contribution is 2.26. The van der Waals surface area contributed by atoms with Crippen molar-refractivity contribution in [2.45, 2.75) is 13.8 Å². The van der Waals surface area contributed by atoms with Gasteiger partial charge in [0.25, 0.3) is 0 Å². The number of aromatic nitrogens is 2. The lowest BCUT2D eigenvalue weighted by Crippen LogP contribution is -2.23. The average molecular weight is 207 g/mol. The SMILES string of the molecule is CCN(CC)c1ncnc2sccc12. The Morgan fingerprint density at radius 3 is 2.79 bits per heavy atom. The Bertz CT molecular complexity index is 420. The van der Waals surface area contributed by atoms with Crippen LogP contribution < -0.4 is 4.90 Å². The molecule has 0 spiro atoms. The monoisotopic (exact) mass is 207 g/mol. The summed E-state index contributed by atoms with van der Waals surface area (Å²) < 4.78 is 0. The van der Waals surface area contributed by atoms with E-state index < -0.39 is 0 Å². The van der Waals surface area contributed by atoms with E-state index in [1.807, 2.05) is 0 Å². The summed E-state index contributed by atoms with van der Waals surface area (Å²) in [5.41, 5.74) is 0. The third kappa shape index (κ3) is 1.46. The zero-order valence-electron chi connectivity index (χ0n) is 8.40. The molecular formula is C10H13N3S. The molecule has 0 atom stereocenters. The Balaban J connectivity index is 2.54. The first-order valence-corrected chi connectivity index (χ1v) is 5.68. The zero-order chi connectivity index (χ0) is 9.97. The maximum absolute atomic E-state index is 4.34. The van der Waals surface area contributed by atoms with Crippen molar-refractivity contribution in [1.29, 1.82) is 0 Å². The lowest BCUT2D eigenvalue weighted by Gasteiger charge is -2.19. The van der Waals surface area contributed by atoms with Crippen LogP contribution in [-0.2, 0) is 0 Å². The highest BCUT2D eigenvalue weighted by atomic mass is 32.1. The van der Waals surface area contributed by atoms with E-state index in [0.29, 0.717) is 0 Å². The van der Waals surface area contributed by atoms with Gasteiger partial charge >= 0.3 is 0 Å². The molecule has 0 aliphatic rings. The number of hydrogen-bond acceptors (Lipinski definition) is 4. The second-order valence-electron chi connectivity index (χ2n) is 3.01. The molecule has 0 N–H and O–H groups in total. The molecule has 0 amide bonds. The van der Waals surface area contributed by atoms with Crippen LogP contribution in [0, 0.1) is 0 Å². The molecule has 2 aromatic heterocycles. The van der Waals surface area contributed by atoms with Crippen molar-refractivity contribution in [2.75, 3.05) is 18.0 Å². The van der Waals surface area contributed by atoms with Gasteiger partial charge in [-0.15, -0.1) is 11.3 Å². The number of fused-ring (bicyclic) bond motifs is 1. The Labute approximate surface area is 87.4 Å². The van der Waals surface area contributed by atoms with Gasteiger partial charge in [-0.05, 0) is 25.3 Å². The van der Waals surface area contributed by atoms with Gasteiger partial charge in [0.1, 0.15) is 17.0 Å². The van der Waals surface area contributed by atoms with Crippen LogP contribution in [0.15, 0.2) is 17.8 Å². The molecule has 3 nitrogen and oxygen atoms in total. The van der Waals surface area contributed by atoms with E-state index in [1.165, 1.54) is 5.39 Å². The minimum atomic E-state index is 0.985. The Morgan fingerprint density at radius 1 is 1.29 bits per heavy atom. The molecule has 0 bridgehead atoms. The molecule has 74 valence electrons. The van der Waals surface area contributed by atoms with Gasteiger partial charge in [0.15, 0.2) is 0 Å². The molecule has 0 aliphatic carbocycles. The predicted molar refractivity (Wildman–Crippen MR) is 61.0 cm³/mol. The van der Waals surface area contributed by atoms with E-state index in [4.69, 9.17) is 0 Å². The predicted octanol–water partition coefficient (Wildman–Crippen LogP) is 2.54. The molecule has 2 aromatic rings. The third-order valence-corrected chi connectivity index (χ3v) is 3.12. The van der Waals surface area contributed by atoms with Crippen molar-refractivity contribution in [1.82, 2.24) is 9.97 Å². The number of rotatable bonds is 3. The van der Waals surface area contributed by atoms with E-state index in [0.717, 1.165) is 23.7 Å². The third-order valence-electron chi connectivity index (χ3n) is 2.30. The van der Waals surface area contributed by atoms with Crippen molar-refractivity contribution < 1.29 is 0 Å². The average Bonchev–Trinajstić information content (AvgIpc) is 2.68. The molecule has 0 radical (unpaired) electrons. The fourth-order valence-corrected chi connectivity index (χ4v) is 2.28. The molecule has 14 heavy (non-hydrogen) atoms. The van der Waals surface area contributed by atoms with E-state index in [-0.39, 0.29) is 0 Å². The van der Waals surface area contributed by atoms with Gasteiger partial charge in [0.05, 0.1) is 5.39 Å². The molecule has 0 saturated carbocycles. The van der Waals surface area contributed by atoms with E-state index in [1.54, 1.807) is 17.7 Å². The molecule has 0 fully saturated rings. The summed E-state index contributed by atoms with van der Waals surface area (Å²) >= 11 is 1.66. The van der Waals surface area contributed by atoms with Crippen LogP contribution >= 0.6 is 11.3 Å². The summed E-state index contributed by atoms with van der Waals surface area (Å²) in [6.45, 7) is 6.25. The van der Waals surface area contributed by atoms with Crippen molar-refractivity contribution in [3.8, 4) is 0 Å². The summed E-state index contributed by atoms with van der Waals surface area (Å²) in [5.74, 6) is 1.06. The first-order chi connectivity index (χ1) is 6.86. The number of thiophene rings is 1. The normalized spacial score (nSPS) is 10.7. The maximum atomic E-state index is 4.34. The fourth-order valence-electron chi connectivity index (χ4n) is 1.55. The quantitative estimate of drug-likeness (QED) is 0.774. The summed E-state index contributed by atoms with van der Waals surface area (Å²) in [5, 5.41) is 3.23. The second kappa shape index (κ2) is 3.92. The summed E-state index contributed by atoms with van der Waals surface area (Å²) in [6.07, 6.45) is 1.65. The lowest BCUT2D eigenvalue weighted by atomic mass is 10.3. The Hall–Kier alpha value is -1.16. The van der Waals surface area contributed by atoms with Crippen LogP contribution in [0.5, 0.6) is 0 Å². The number of hydrogen-bond donors (Lipinski definition) is 0. The fraction of sp³-hybridized carbons (Fsp3) is 0.400. The summed E-state index contributed by atoms with van der Waals surface area (Å²) in [7, 11) is 0. The van der Waals surface area contributed by atoms with Crippen molar-refractivity contribution >= 4 is 27.4 Å². The maximum Gasteiger partial charge on any atom is 0.140 e. The smallest absolute Gasteiger partial charge is 0.140 e. The standard InChI is InChI=1S/C10H13N3S/c1-3-13(4-2)9-8-5-6-14-10(8)12-7-11-9/h5-7H,3-4H2,1-2H3. The van der Waals surface area contributed by atoms with Gasteiger partial charge in [-0.1, -0.05) is 0 Å². The second-order valence-corrected chi connectivity index (χ2v) is 3.90. The largest absolute Gasteiger partial charge is 0.357 e. The van der Waals surface area contributed by atoms with Gasteiger partial charge in [-0.25, -0.2) is 9.97 Å². The Morgan fingerprint density at radius 2 is 2.07 bits per heavy atom. The minimum absolute atomic E-state index is 0.985. The highest BCUT2D eigenvalue weighted by Gasteiger charge is 2.09. The van der Waals surface area contributed by atoms with E-state index in [2.05, 4.69) is 40.2 Å². The minimum Gasteiger partial charge on any atom is -0.357 e. The molecule has 0 aromatic carbocycles. The van der Waals surface area contributed by atoms with E-state index >= 15 is 0 Å². The van der Waals surface area contributed by atoms with Crippen LogP contribution in [-0.4, -0.2) is 23.1 Å². The Kier molecular flexibility index (Phi) is 2.63. The van der Waals surface area contributed by atoms with Crippen molar-refractivity contribution in [3.05, 3.63) is 17.8 Å². The highest BCUT2D eigenvalue weighted by molar-refractivity contribution is 7.16. The molecule has 0 aliphatic heterocycles. The molecule has 2 heterocycles. The molecular weight excluding hydrogens is 194 g/mol. The first kappa shape index (κ1) is 9.40. The lowest BCUT2D eigenvalue weighted by molar-refractivity contribution is 0.849. The van der Waals surface area contributed by atoms with Crippen molar-refractivity contribution in [3.63, 3.8) is 0 Å². The summed E-state index contributed by atoms with van der Waals surface area (Å²) in [4.78, 5) is 11.9. The van der Waals surface area contributed by atoms with Crippen LogP contribution in [0.25, 0.3) is 10.2 Å². The number of nitrogens with zero attached hydrogens (tertiary/aromatic N) is 3. The first-order valence-electron chi connectivity index (χ1n) is 4.80. The van der Waals surface area contributed by atoms with Crippen LogP contribution in [0.4, 0.5) is 5.82 Å². The molecule has 2 rings (SSSR count). The van der Waals surface area contributed by atoms with Gasteiger partial charge in [0.2, 0.25) is 0 Å². The zero-order valence-corrected chi connectivity index (χ0v) is 9.21. The molecule has 4 heteroatoms. The van der Waals surface area contributed by atoms with Gasteiger partial charge in [-0.3, -0.25) is 0 Å². The molecule has 0 saturated heterocycles. The van der Waals surface area contributed by atoms with Crippen LogP contribution in [0.1, 0.15) is 13.8 Å². The van der Waals surface area contributed by atoms with Gasteiger partial charge < -0.3 is 4.90 Å². The topological polar surface area (TPSA) is 29.0 Å². The van der Waals surface area contributed by atoms with Crippen LogP contribution in [0.2, 0.25) is 0 Å².